The van der Waals surface area contributed by atoms with Crippen molar-refractivity contribution in [3.63, 3.8) is 0 Å². The van der Waals surface area contributed by atoms with E-state index in [9.17, 15) is 15.3 Å². The largest absolute Gasteiger partial charge is 0.388 e. The lowest BCUT2D eigenvalue weighted by Crippen LogP contribution is -2.58. The van der Waals surface area contributed by atoms with Gasteiger partial charge < -0.3 is 29.5 Å². The molecule has 22 heavy (non-hydrogen) atoms. The van der Waals surface area contributed by atoms with Gasteiger partial charge in [-0.2, -0.15) is 0 Å². The van der Waals surface area contributed by atoms with Gasteiger partial charge >= 0.3 is 0 Å². The van der Waals surface area contributed by atoms with Crippen LogP contribution in [-0.2, 0) is 20.8 Å². The summed E-state index contributed by atoms with van der Waals surface area (Å²) in [6, 6.07) is 9.77. The highest BCUT2D eigenvalue weighted by atomic mass is 16.7. The van der Waals surface area contributed by atoms with Crippen LogP contribution in [0.3, 0.4) is 0 Å². The zero-order valence-electron chi connectivity index (χ0n) is 12.7. The van der Waals surface area contributed by atoms with E-state index in [0.717, 1.165) is 5.56 Å². The third-order valence-corrected chi connectivity index (χ3v) is 3.69. The Balaban J connectivity index is 1.69. The quantitative estimate of drug-likeness (QED) is 0.633. The highest BCUT2D eigenvalue weighted by Gasteiger charge is 2.43. The number of hydrogen-bond donors (Lipinski definition) is 3. The molecule has 1 aromatic rings. The van der Waals surface area contributed by atoms with Crippen molar-refractivity contribution in [3.05, 3.63) is 35.9 Å². The van der Waals surface area contributed by atoms with Gasteiger partial charge in [-0.05, 0) is 12.0 Å². The first-order valence-corrected chi connectivity index (χ1v) is 7.56. The minimum atomic E-state index is -1.27. The fraction of sp³-hybridized carbons (Fsp3) is 0.625. The van der Waals surface area contributed by atoms with Crippen LogP contribution in [-0.4, -0.2) is 59.2 Å². The maximum absolute atomic E-state index is 9.85. The molecule has 1 fully saturated rings. The SMILES string of the molecule is CCC1OC(OCCOCc2ccccc2)C(O)C(O)C1O. The van der Waals surface area contributed by atoms with Crippen LogP contribution in [0.15, 0.2) is 30.3 Å². The number of aliphatic hydroxyl groups excluding tert-OH is 3. The lowest BCUT2D eigenvalue weighted by atomic mass is 9.97. The molecule has 2 rings (SSSR count). The van der Waals surface area contributed by atoms with Gasteiger partial charge in [0.15, 0.2) is 6.29 Å². The number of benzene rings is 1. The molecule has 1 saturated heterocycles. The molecular weight excluding hydrogens is 288 g/mol. The molecule has 124 valence electrons. The van der Waals surface area contributed by atoms with E-state index in [0.29, 0.717) is 19.6 Å². The number of ether oxygens (including phenoxy) is 3. The Hall–Kier alpha value is -1.02. The number of aliphatic hydroxyl groups is 3. The maximum Gasteiger partial charge on any atom is 0.186 e. The minimum absolute atomic E-state index is 0.230. The van der Waals surface area contributed by atoms with Crippen LogP contribution >= 0.6 is 0 Å². The Kier molecular flexibility index (Phi) is 6.75. The van der Waals surface area contributed by atoms with Crippen molar-refractivity contribution in [2.24, 2.45) is 0 Å². The molecule has 1 aliphatic rings. The van der Waals surface area contributed by atoms with Crippen LogP contribution in [0.2, 0.25) is 0 Å². The third kappa shape index (κ3) is 4.49. The maximum atomic E-state index is 9.85. The highest BCUT2D eigenvalue weighted by Crippen LogP contribution is 2.23. The number of rotatable bonds is 7. The van der Waals surface area contributed by atoms with Crippen molar-refractivity contribution in [1.82, 2.24) is 0 Å². The summed E-state index contributed by atoms with van der Waals surface area (Å²) in [7, 11) is 0. The molecule has 6 nitrogen and oxygen atoms in total. The summed E-state index contributed by atoms with van der Waals surface area (Å²) >= 11 is 0. The first kappa shape index (κ1) is 17.3. The average Bonchev–Trinajstić information content (AvgIpc) is 2.55. The zero-order chi connectivity index (χ0) is 15.9. The Morgan fingerprint density at radius 1 is 1.00 bits per heavy atom. The van der Waals surface area contributed by atoms with Crippen LogP contribution in [0.5, 0.6) is 0 Å². The summed E-state index contributed by atoms with van der Waals surface area (Å²) < 4.78 is 16.3. The Labute approximate surface area is 130 Å². The summed E-state index contributed by atoms with van der Waals surface area (Å²) in [5.74, 6) is 0. The second kappa shape index (κ2) is 8.57. The van der Waals surface area contributed by atoms with Gasteiger partial charge in [-0.1, -0.05) is 37.3 Å². The van der Waals surface area contributed by atoms with E-state index < -0.39 is 30.7 Å². The predicted molar refractivity (Wildman–Crippen MR) is 79.0 cm³/mol. The van der Waals surface area contributed by atoms with Gasteiger partial charge in [0.2, 0.25) is 0 Å². The van der Waals surface area contributed by atoms with E-state index in [1.165, 1.54) is 0 Å². The van der Waals surface area contributed by atoms with Crippen LogP contribution in [0.25, 0.3) is 0 Å². The van der Waals surface area contributed by atoms with Crippen molar-refractivity contribution < 1.29 is 29.5 Å². The van der Waals surface area contributed by atoms with Crippen LogP contribution < -0.4 is 0 Å². The van der Waals surface area contributed by atoms with Gasteiger partial charge in [0.25, 0.3) is 0 Å². The topological polar surface area (TPSA) is 88.4 Å². The molecule has 3 N–H and O–H groups in total. The second-order valence-electron chi connectivity index (χ2n) is 5.33. The molecule has 0 radical (unpaired) electrons. The Morgan fingerprint density at radius 2 is 1.73 bits per heavy atom. The molecule has 5 atom stereocenters. The first-order valence-electron chi connectivity index (χ1n) is 7.56. The molecule has 0 aliphatic carbocycles. The molecule has 6 heteroatoms. The molecule has 0 saturated carbocycles. The van der Waals surface area contributed by atoms with E-state index in [-0.39, 0.29) is 6.61 Å². The van der Waals surface area contributed by atoms with Crippen molar-refractivity contribution in [1.29, 1.82) is 0 Å². The van der Waals surface area contributed by atoms with Gasteiger partial charge in [0.1, 0.15) is 18.3 Å². The lowest BCUT2D eigenvalue weighted by molar-refractivity contribution is -0.298. The van der Waals surface area contributed by atoms with E-state index in [1.807, 2.05) is 37.3 Å². The van der Waals surface area contributed by atoms with Crippen molar-refractivity contribution in [3.8, 4) is 0 Å². The molecule has 1 aromatic carbocycles. The Bertz CT molecular complexity index is 424. The monoisotopic (exact) mass is 312 g/mol. The van der Waals surface area contributed by atoms with Gasteiger partial charge in [0, 0.05) is 0 Å². The molecule has 0 bridgehead atoms. The predicted octanol–water partition coefficient (Wildman–Crippen LogP) is 0.437. The molecule has 1 heterocycles. The van der Waals surface area contributed by atoms with E-state index in [4.69, 9.17) is 14.2 Å². The lowest BCUT2D eigenvalue weighted by Gasteiger charge is -2.40. The second-order valence-corrected chi connectivity index (χ2v) is 5.33. The van der Waals surface area contributed by atoms with Gasteiger partial charge in [-0.25, -0.2) is 0 Å². The van der Waals surface area contributed by atoms with E-state index in [2.05, 4.69) is 0 Å². The molecule has 1 aliphatic heterocycles. The highest BCUT2D eigenvalue weighted by molar-refractivity contribution is 5.13. The molecule has 0 amide bonds. The van der Waals surface area contributed by atoms with Gasteiger partial charge in [-0.3, -0.25) is 0 Å². The van der Waals surface area contributed by atoms with Gasteiger partial charge in [0.05, 0.1) is 25.9 Å². The fourth-order valence-corrected chi connectivity index (χ4v) is 2.38. The summed E-state index contributed by atoms with van der Waals surface area (Å²) in [5.41, 5.74) is 1.07. The smallest absolute Gasteiger partial charge is 0.186 e. The van der Waals surface area contributed by atoms with Crippen LogP contribution in [0.1, 0.15) is 18.9 Å². The summed E-state index contributed by atoms with van der Waals surface area (Å²) in [6.45, 7) is 2.89. The molecule has 0 spiro atoms. The molecule has 5 unspecified atom stereocenters. The third-order valence-electron chi connectivity index (χ3n) is 3.69. The summed E-state index contributed by atoms with van der Waals surface area (Å²) in [4.78, 5) is 0. The van der Waals surface area contributed by atoms with E-state index >= 15 is 0 Å². The summed E-state index contributed by atoms with van der Waals surface area (Å²) in [6.07, 6.45) is -4.62. The normalized spacial score (nSPS) is 32.1. The van der Waals surface area contributed by atoms with E-state index in [1.54, 1.807) is 0 Å². The van der Waals surface area contributed by atoms with Gasteiger partial charge in [-0.15, -0.1) is 0 Å². The minimum Gasteiger partial charge on any atom is -0.388 e. The summed E-state index contributed by atoms with van der Waals surface area (Å²) in [5, 5.41) is 29.4. The fourth-order valence-electron chi connectivity index (χ4n) is 2.38. The van der Waals surface area contributed by atoms with Crippen molar-refractivity contribution >= 4 is 0 Å². The zero-order valence-corrected chi connectivity index (χ0v) is 12.7. The average molecular weight is 312 g/mol. The Morgan fingerprint density at radius 3 is 2.41 bits per heavy atom. The number of hydrogen-bond acceptors (Lipinski definition) is 6. The van der Waals surface area contributed by atoms with Crippen molar-refractivity contribution in [2.45, 2.75) is 50.7 Å². The molecule has 0 aromatic heterocycles. The molecular formula is C16H24O6. The van der Waals surface area contributed by atoms with Crippen LogP contribution in [0, 0.1) is 0 Å². The van der Waals surface area contributed by atoms with Crippen LogP contribution in [0.4, 0.5) is 0 Å². The van der Waals surface area contributed by atoms with Crippen molar-refractivity contribution in [2.75, 3.05) is 13.2 Å². The standard InChI is InChI=1S/C16H24O6/c1-2-12-13(17)14(18)15(19)16(22-12)21-9-8-20-10-11-6-4-3-5-7-11/h3-7,12-19H,2,8-10H2,1H3. The first-order chi connectivity index (χ1) is 10.6.